The number of hydrogen-bond acceptors (Lipinski definition) is 10. The van der Waals surface area contributed by atoms with Gasteiger partial charge in [-0.15, -0.1) is 0 Å². The molecule has 0 aromatic heterocycles. The van der Waals surface area contributed by atoms with E-state index in [1.54, 1.807) is 0 Å². The maximum Gasteiger partial charge on any atom is 0.249 e. The van der Waals surface area contributed by atoms with Gasteiger partial charge in [-0.05, 0) is 38.5 Å². The Morgan fingerprint density at radius 2 is 1.18 bits per heavy atom. The van der Waals surface area contributed by atoms with Crippen molar-refractivity contribution in [3.8, 4) is 0 Å². The van der Waals surface area contributed by atoms with Crippen molar-refractivity contribution in [2.75, 3.05) is 13.2 Å². The van der Waals surface area contributed by atoms with Crippen molar-refractivity contribution < 1.29 is 50.0 Å². The Labute approximate surface area is 296 Å². The molecule has 1 aliphatic rings. The number of aliphatic hydroxyl groups excluding tert-OH is 7. The number of carbonyl (C=O) groups excluding carboxylic acids is 1. The molecule has 1 heterocycles. The monoisotopic (exact) mass is 704 g/mol. The van der Waals surface area contributed by atoms with Gasteiger partial charge in [0.15, 0.2) is 6.29 Å². The summed E-state index contributed by atoms with van der Waals surface area (Å²) >= 11 is 0. The van der Waals surface area contributed by atoms with Crippen molar-refractivity contribution in [2.45, 2.75) is 210 Å². The second kappa shape index (κ2) is 29.4. The zero-order valence-corrected chi connectivity index (χ0v) is 30.7. The molecule has 1 fully saturated rings. The van der Waals surface area contributed by atoms with Crippen LogP contribution in [0.1, 0.15) is 155 Å². The van der Waals surface area contributed by atoms with Gasteiger partial charge in [0.05, 0.1) is 25.4 Å². The van der Waals surface area contributed by atoms with Gasteiger partial charge in [-0.2, -0.15) is 0 Å². The number of unbranched alkanes of at least 4 members (excludes halogenated alkanes) is 17. The second-order valence-electron chi connectivity index (χ2n) is 14.0. The molecule has 9 unspecified atom stereocenters. The number of rotatable bonds is 31. The number of allylic oxidation sites excluding steroid dienone is 2. The summed E-state index contributed by atoms with van der Waals surface area (Å²) in [5.74, 6) is -0.706. The van der Waals surface area contributed by atoms with Gasteiger partial charge >= 0.3 is 0 Å². The predicted molar refractivity (Wildman–Crippen MR) is 192 cm³/mol. The third-order valence-corrected chi connectivity index (χ3v) is 9.57. The van der Waals surface area contributed by atoms with Gasteiger partial charge in [-0.1, -0.05) is 129 Å². The topological polar surface area (TPSA) is 189 Å². The molecule has 290 valence electrons. The maximum absolute atomic E-state index is 13.0. The zero-order valence-electron chi connectivity index (χ0n) is 30.7. The number of carbonyl (C=O) groups is 1. The Balaban J connectivity index is 2.54. The first-order chi connectivity index (χ1) is 23.7. The third kappa shape index (κ3) is 20.5. The van der Waals surface area contributed by atoms with E-state index in [-0.39, 0.29) is 6.42 Å². The molecule has 1 amide bonds. The fourth-order valence-corrected chi connectivity index (χ4v) is 6.20. The molecule has 1 saturated heterocycles. The van der Waals surface area contributed by atoms with Crippen LogP contribution in [-0.2, 0) is 14.3 Å². The first kappa shape index (κ1) is 45.9. The van der Waals surface area contributed by atoms with Crippen molar-refractivity contribution in [2.24, 2.45) is 0 Å². The lowest BCUT2D eigenvalue weighted by atomic mass is 9.98. The van der Waals surface area contributed by atoms with Crippen LogP contribution in [0.4, 0.5) is 0 Å². The van der Waals surface area contributed by atoms with Gasteiger partial charge < -0.3 is 50.5 Å². The van der Waals surface area contributed by atoms with Gasteiger partial charge in [0.1, 0.15) is 36.6 Å². The van der Waals surface area contributed by atoms with E-state index >= 15 is 0 Å². The predicted octanol–water partition coefficient (Wildman–Crippen LogP) is 4.55. The Morgan fingerprint density at radius 1 is 0.694 bits per heavy atom. The van der Waals surface area contributed by atoms with E-state index in [1.807, 2.05) is 0 Å². The summed E-state index contributed by atoms with van der Waals surface area (Å²) in [5.41, 5.74) is 0. The molecule has 0 aromatic rings. The molecule has 1 aliphatic heterocycles. The number of hydrogen-bond donors (Lipinski definition) is 8. The maximum atomic E-state index is 13.0. The van der Waals surface area contributed by atoms with Crippen LogP contribution in [0.25, 0.3) is 0 Å². The van der Waals surface area contributed by atoms with Gasteiger partial charge in [-0.25, -0.2) is 0 Å². The molecule has 0 aromatic carbocycles. The number of aliphatic hydroxyl groups is 7. The van der Waals surface area contributed by atoms with Gasteiger partial charge in [-0.3, -0.25) is 4.79 Å². The molecule has 0 radical (unpaired) electrons. The Morgan fingerprint density at radius 3 is 1.73 bits per heavy atom. The molecule has 0 aliphatic carbocycles. The van der Waals surface area contributed by atoms with Crippen LogP contribution < -0.4 is 5.32 Å². The average molecular weight is 704 g/mol. The summed E-state index contributed by atoms with van der Waals surface area (Å²) < 4.78 is 11.0. The normalized spacial score (nSPS) is 23.8. The standard InChI is InChI=1S/C38H73NO10/c1-3-5-7-9-11-13-14-15-16-17-18-20-22-24-26-31(42)37(47)39-29(28-48-38-36(46)35(45)34(44)32(27-40)49-38)33(43)30(41)25-23-21-19-12-10-8-6-4-2/h13-14,29-36,38,40-46H,3-12,15-28H2,1-2H3,(H,39,47)/b14-13-. The second-order valence-corrected chi connectivity index (χ2v) is 14.0. The summed E-state index contributed by atoms with van der Waals surface area (Å²) in [7, 11) is 0. The van der Waals surface area contributed by atoms with E-state index in [0.29, 0.717) is 19.3 Å². The smallest absolute Gasteiger partial charge is 0.249 e. The zero-order chi connectivity index (χ0) is 36.3. The van der Waals surface area contributed by atoms with Crippen LogP contribution in [0.15, 0.2) is 12.2 Å². The molecule has 8 N–H and O–H groups in total. The molecular weight excluding hydrogens is 630 g/mol. The van der Waals surface area contributed by atoms with E-state index < -0.39 is 74.2 Å². The highest BCUT2D eigenvalue weighted by Gasteiger charge is 2.44. The lowest BCUT2D eigenvalue weighted by Gasteiger charge is -2.40. The Kier molecular flexibility index (Phi) is 27.6. The summed E-state index contributed by atoms with van der Waals surface area (Å²) in [6.07, 6.45) is 15.7. The van der Waals surface area contributed by atoms with Crippen LogP contribution >= 0.6 is 0 Å². The van der Waals surface area contributed by atoms with E-state index in [1.165, 1.54) is 57.8 Å². The van der Waals surface area contributed by atoms with Crippen molar-refractivity contribution >= 4 is 5.91 Å². The van der Waals surface area contributed by atoms with Crippen molar-refractivity contribution in [1.29, 1.82) is 0 Å². The quantitative estimate of drug-likeness (QED) is 0.0376. The third-order valence-electron chi connectivity index (χ3n) is 9.57. The lowest BCUT2D eigenvalue weighted by Crippen LogP contribution is -2.60. The van der Waals surface area contributed by atoms with Crippen LogP contribution in [-0.4, -0.2) is 110 Å². The van der Waals surface area contributed by atoms with E-state index in [2.05, 4.69) is 31.3 Å². The SMILES string of the molecule is CCCCCC/C=C\CCCCCCCCC(O)C(=O)NC(COC1OC(CO)C(O)C(O)C1O)C(O)C(O)CCCCCCCCCC. The minimum absolute atomic E-state index is 0.254. The molecule has 9 atom stereocenters. The van der Waals surface area contributed by atoms with Crippen LogP contribution in [0.5, 0.6) is 0 Å². The lowest BCUT2D eigenvalue weighted by molar-refractivity contribution is -0.303. The van der Waals surface area contributed by atoms with Gasteiger partial charge in [0.2, 0.25) is 5.91 Å². The number of amides is 1. The highest BCUT2D eigenvalue weighted by molar-refractivity contribution is 5.80. The number of ether oxygens (including phenoxy) is 2. The van der Waals surface area contributed by atoms with Crippen molar-refractivity contribution in [1.82, 2.24) is 5.32 Å². The summed E-state index contributed by atoms with van der Waals surface area (Å²) in [6.45, 7) is 3.34. The first-order valence-corrected chi connectivity index (χ1v) is 19.6. The fourth-order valence-electron chi connectivity index (χ4n) is 6.20. The molecule has 49 heavy (non-hydrogen) atoms. The van der Waals surface area contributed by atoms with Crippen molar-refractivity contribution in [3.63, 3.8) is 0 Å². The molecule has 0 spiro atoms. The van der Waals surface area contributed by atoms with Crippen LogP contribution in [0.2, 0.25) is 0 Å². The summed E-state index contributed by atoms with van der Waals surface area (Å²) in [6, 6.07) is -1.16. The highest BCUT2D eigenvalue weighted by atomic mass is 16.7. The van der Waals surface area contributed by atoms with E-state index in [9.17, 15) is 40.5 Å². The molecule has 11 heteroatoms. The van der Waals surface area contributed by atoms with Gasteiger partial charge in [0, 0.05) is 0 Å². The average Bonchev–Trinajstić information content (AvgIpc) is 3.10. The summed E-state index contributed by atoms with van der Waals surface area (Å²) in [5, 5.41) is 75.0. The van der Waals surface area contributed by atoms with Gasteiger partial charge in [0.25, 0.3) is 0 Å². The molecule has 0 bridgehead atoms. The summed E-state index contributed by atoms with van der Waals surface area (Å²) in [4.78, 5) is 13.0. The van der Waals surface area contributed by atoms with Crippen LogP contribution in [0.3, 0.4) is 0 Å². The Hall–Kier alpha value is -1.15. The molecular formula is C38H73NO10. The van der Waals surface area contributed by atoms with E-state index in [0.717, 1.165) is 57.8 Å². The first-order valence-electron chi connectivity index (χ1n) is 19.6. The highest BCUT2D eigenvalue weighted by Crippen LogP contribution is 2.23. The van der Waals surface area contributed by atoms with E-state index in [4.69, 9.17) is 9.47 Å². The molecule has 11 nitrogen and oxygen atoms in total. The fraction of sp³-hybridized carbons (Fsp3) is 0.921. The van der Waals surface area contributed by atoms with Crippen LogP contribution in [0, 0.1) is 0 Å². The minimum Gasteiger partial charge on any atom is -0.394 e. The molecule has 0 saturated carbocycles. The largest absolute Gasteiger partial charge is 0.394 e. The number of nitrogens with one attached hydrogen (secondary N) is 1. The van der Waals surface area contributed by atoms with Crippen molar-refractivity contribution in [3.05, 3.63) is 12.2 Å². The minimum atomic E-state index is -1.66. The molecule has 1 rings (SSSR count). The Bertz CT molecular complexity index is 815.